The van der Waals surface area contributed by atoms with Gasteiger partial charge in [-0.05, 0) is 26.2 Å². The van der Waals surface area contributed by atoms with Crippen molar-refractivity contribution in [1.82, 2.24) is 9.80 Å². The van der Waals surface area contributed by atoms with E-state index in [9.17, 15) is 14.5 Å². The molecule has 0 aromatic heterocycles. The van der Waals surface area contributed by atoms with Gasteiger partial charge >= 0.3 is 0 Å². The highest BCUT2D eigenvalue weighted by atomic mass is 35.5. The Morgan fingerprint density at radius 2 is 1.93 bits per heavy atom. The number of halogens is 3. The van der Waals surface area contributed by atoms with Gasteiger partial charge in [-0.1, -0.05) is 18.2 Å². The van der Waals surface area contributed by atoms with Gasteiger partial charge < -0.3 is 9.64 Å². The van der Waals surface area contributed by atoms with Gasteiger partial charge in [0.05, 0.1) is 11.0 Å². The molecule has 6 nitrogen and oxygen atoms in total. The minimum Gasteiger partial charge on any atom is -0.492 e. The van der Waals surface area contributed by atoms with Gasteiger partial charge in [-0.2, -0.15) is 0 Å². The zero-order valence-electron chi connectivity index (χ0n) is 15.7. The maximum absolute atomic E-state index is 14.6. The van der Waals surface area contributed by atoms with Crippen molar-refractivity contribution in [2.24, 2.45) is 0 Å². The number of nitrogens with zero attached hydrogens (tertiary/aromatic N) is 3. The molecule has 0 saturated heterocycles. The number of benzene rings is 2. The Balaban J connectivity index is 0.00000196. The Hall–Kier alpha value is -1.93. The van der Waals surface area contributed by atoms with Gasteiger partial charge in [0.15, 0.2) is 0 Å². The standard InChI is InChI=1S/C19H22FN3O3.2ClH/c1-21(2)9-10-22-11-12-26-18-8-7-14(23(24)25)13-16(18)19(22)15-5-3-4-6-17(15)20;;/h3-8,13,19H,9-12H2,1-2H3;2*1H. The number of nitro groups is 1. The van der Waals surface area contributed by atoms with E-state index in [4.69, 9.17) is 4.74 Å². The van der Waals surface area contributed by atoms with Gasteiger partial charge in [-0.15, -0.1) is 24.8 Å². The lowest BCUT2D eigenvalue weighted by Gasteiger charge is -2.31. The summed E-state index contributed by atoms with van der Waals surface area (Å²) >= 11 is 0. The molecule has 0 aliphatic carbocycles. The van der Waals surface area contributed by atoms with Crippen LogP contribution in [0.25, 0.3) is 0 Å². The van der Waals surface area contributed by atoms with E-state index in [0.717, 1.165) is 6.54 Å². The average Bonchev–Trinajstić information content (AvgIpc) is 2.79. The molecule has 1 heterocycles. The van der Waals surface area contributed by atoms with E-state index < -0.39 is 11.0 Å². The van der Waals surface area contributed by atoms with Crippen molar-refractivity contribution in [2.45, 2.75) is 6.04 Å². The highest BCUT2D eigenvalue weighted by Gasteiger charge is 2.31. The number of hydrogen-bond donors (Lipinski definition) is 0. The quantitative estimate of drug-likeness (QED) is 0.530. The van der Waals surface area contributed by atoms with Crippen LogP contribution < -0.4 is 4.74 Å². The predicted molar refractivity (Wildman–Crippen MR) is 111 cm³/mol. The van der Waals surface area contributed by atoms with Crippen LogP contribution in [-0.2, 0) is 0 Å². The number of nitro benzene ring substituents is 1. The van der Waals surface area contributed by atoms with Gasteiger partial charge in [0.1, 0.15) is 18.2 Å². The minimum atomic E-state index is -0.437. The molecule has 0 N–H and O–H groups in total. The number of ether oxygens (including phenoxy) is 1. The molecule has 0 fully saturated rings. The zero-order valence-corrected chi connectivity index (χ0v) is 17.3. The predicted octanol–water partition coefficient (Wildman–Crippen LogP) is 3.92. The van der Waals surface area contributed by atoms with Crippen molar-refractivity contribution in [2.75, 3.05) is 40.3 Å². The van der Waals surface area contributed by atoms with Crippen LogP contribution in [0.1, 0.15) is 17.2 Å². The van der Waals surface area contributed by atoms with E-state index in [1.807, 2.05) is 14.1 Å². The summed E-state index contributed by atoms with van der Waals surface area (Å²) in [5, 5.41) is 11.2. The molecule has 1 aliphatic heterocycles. The summed E-state index contributed by atoms with van der Waals surface area (Å²) < 4.78 is 20.4. The summed E-state index contributed by atoms with van der Waals surface area (Å²) in [6.45, 7) is 2.53. The Labute approximate surface area is 176 Å². The third-order valence-corrected chi connectivity index (χ3v) is 4.53. The molecule has 1 aliphatic rings. The Bertz CT molecular complexity index is 808. The SMILES string of the molecule is CN(C)CCN1CCOc2ccc([N+](=O)[O-])cc2C1c1ccccc1F.Cl.Cl. The normalized spacial score (nSPS) is 16.2. The van der Waals surface area contributed by atoms with E-state index in [1.54, 1.807) is 24.3 Å². The van der Waals surface area contributed by atoms with Crippen LogP contribution in [-0.4, -0.2) is 55.1 Å². The highest BCUT2D eigenvalue weighted by molar-refractivity contribution is 5.85. The summed E-state index contributed by atoms with van der Waals surface area (Å²) in [6, 6.07) is 10.7. The van der Waals surface area contributed by atoms with Crippen LogP contribution in [0.2, 0.25) is 0 Å². The van der Waals surface area contributed by atoms with E-state index in [2.05, 4.69) is 9.80 Å². The van der Waals surface area contributed by atoms with Crippen molar-refractivity contribution in [3.8, 4) is 5.75 Å². The number of hydrogen-bond acceptors (Lipinski definition) is 5. The minimum absolute atomic E-state index is 0. The molecule has 0 radical (unpaired) electrons. The maximum atomic E-state index is 14.6. The van der Waals surface area contributed by atoms with Crippen molar-refractivity contribution >= 4 is 30.5 Å². The average molecular weight is 432 g/mol. The first-order chi connectivity index (χ1) is 12.5. The lowest BCUT2D eigenvalue weighted by Crippen LogP contribution is -2.37. The van der Waals surface area contributed by atoms with Crippen LogP contribution in [0.5, 0.6) is 5.75 Å². The summed E-state index contributed by atoms with van der Waals surface area (Å²) in [4.78, 5) is 15.0. The van der Waals surface area contributed by atoms with Crippen molar-refractivity contribution in [3.05, 3.63) is 69.5 Å². The van der Waals surface area contributed by atoms with Crippen molar-refractivity contribution in [1.29, 1.82) is 0 Å². The number of likely N-dealkylation sites (N-methyl/N-ethyl adjacent to an activating group) is 1. The summed E-state index contributed by atoms with van der Waals surface area (Å²) in [6.07, 6.45) is 0. The Morgan fingerprint density at radius 1 is 1.21 bits per heavy atom. The molecule has 9 heteroatoms. The molecule has 1 unspecified atom stereocenters. The second-order valence-corrected chi connectivity index (χ2v) is 6.59. The van der Waals surface area contributed by atoms with Crippen LogP contribution in [0, 0.1) is 15.9 Å². The van der Waals surface area contributed by atoms with Gasteiger partial charge in [-0.3, -0.25) is 15.0 Å². The first kappa shape index (κ1) is 24.1. The fourth-order valence-electron chi connectivity index (χ4n) is 3.22. The van der Waals surface area contributed by atoms with E-state index in [-0.39, 0.29) is 36.3 Å². The number of rotatable bonds is 5. The second kappa shape index (κ2) is 10.6. The number of non-ortho nitro benzene ring substituents is 1. The fraction of sp³-hybridized carbons (Fsp3) is 0.368. The molecule has 0 saturated carbocycles. The first-order valence-electron chi connectivity index (χ1n) is 8.51. The van der Waals surface area contributed by atoms with E-state index >= 15 is 0 Å². The monoisotopic (exact) mass is 431 g/mol. The lowest BCUT2D eigenvalue weighted by molar-refractivity contribution is -0.385. The molecule has 0 spiro atoms. The second-order valence-electron chi connectivity index (χ2n) is 6.59. The fourth-order valence-corrected chi connectivity index (χ4v) is 3.22. The molecular weight excluding hydrogens is 408 g/mol. The molecular formula is C19H24Cl2FN3O3. The molecule has 28 heavy (non-hydrogen) atoms. The van der Waals surface area contributed by atoms with Crippen LogP contribution in [0.4, 0.5) is 10.1 Å². The van der Waals surface area contributed by atoms with Crippen LogP contribution in [0.15, 0.2) is 42.5 Å². The molecule has 3 rings (SSSR count). The van der Waals surface area contributed by atoms with Crippen LogP contribution in [0.3, 0.4) is 0 Å². The third-order valence-electron chi connectivity index (χ3n) is 4.53. The molecule has 1 atom stereocenters. The van der Waals surface area contributed by atoms with Gasteiger partial charge in [0, 0.05) is 42.9 Å². The highest BCUT2D eigenvalue weighted by Crippen LogP contribution is 2.39. The summed E-state index contributed by atoms with van der Waals surface area (Å²) in [5.41, 5.74) is 1.10. The zero-order chi connectivity index (χ0) is 18.7. The van der Waals surface area contributed by atoms with E-state index in [0.29, 0.717) is 36.6 Å². The Kier molecular flexibility index (Phi) is 9.10. The van der Waals surface area contributed by atoms with E-state index in [1.165, 1.54) is 18.2 Å². The third kappa shape index (κ3) is 5.32. The van der Waals surface area contributed by atoms with Gasteiger partial charge in [0.25, 0.3) is 5.69 Å². The van der Waals surface area contributed by atoms with Crippen molar-refractivity contribution in [3.63, 3.8) is 0 Å². The molecule has 0 bridgehead atoms. The van der Waals surface area contributed by atoms with Crippen molar-refractivity contribution < 1.29 is 14.1 Å². The smallest absolute Gasteiger partial charge is 0.270 e. The largest absolute Gasteiger partial charge is 0.492 e. The summed E-state index contributed by atoms with van der Waals surface area (Å²) in [7, 11) is 3.95. The van der Waals surface area contributed by atoms with Gasteiger partial charge in [-0.25, -0.2) is 4.39 Å². The Morgan fingerprint density at radius 3 is 2.57 bits per heavy atom. The molecule has 2 aromatic carbocycles. The van der Waals surface area contributed by atoms with Crippen LogP contribution >= 0.6 is 24.8 Å². The summed E-state index contributed by atoms with van der Waals surface area (Å²) in [5.74, 6) is 0.239. The first-order valence-corrected chi connectivity index (χ1v) is 8.51. The lowest BCUT2D eigenvalue weighted by atomic mass is 9.95. The number of fused-ring (bicyclic) bond motifs is 1. The molecule has 2 aromatic rings. The maximum Gasteiger partial charge on any atom is 0.270 e. The van der Waals surface area contributed by atoms with Gasteiger partial charge in [0.2, 0.25) is 0 Å². The molecule has 154 valence electrons. The molecule has 0 amide bonds. The topological polar surface area (TPSA) is 58.8 Å².